The van der Waals surface area contributed by atoms with Crippen LogP contribution in [0.4, 0.5) is 4.39 Å². The zero-order valence-electron chi connectivity index (χ0n) is 10.8. The minimum atomic E-state index is -0.920. The van der Waals surface area contributed by atoms with Crippen LogP contribution in [0.5, 0.6) is 5.75 Å². The Morgan fingerprint density at radius 2 is 1.80 bits per heavy atom. The quantitative estimate of drug-likeness (QED) is 0.769. The van der Waals surface area contributed by atoms with Gasteiger partial charge in [0.2, 0.25) is 5.83 Å². The van der Waals surface area contributed by atoms with Crippen LogP contribution >= 0.6 is 11.6 Å². The molecule has 0 unspecified atom stereocenters. The molecule has 1 aliphatic carbocycles. The summed E-state index contributed by atoms with van der Waals surface area (Å²) in [5, 5.41) is 0.568. The number of carbonyl (C=O) groups is 1. The summed E-state index contributed by atoms with van der Waals surface area (Å²) >= 11 is 5.80. The number of hydrogen-bond donors (Lipinski definition) is 0. The van der Waals surface area contributed by atoms with E-state index in [-0.39, 0.29) is 5.76 Å². The van der Waals surface area contributed by atoms with Crippen LogP contribution in [0.1, 0.15) is 32.1 Å². The third kappa shape index (κ3) is 2.29. The maximum absolute atomic E-state index is 14.0. The van der Waals surface area contributed by atoms with Crippen LogP contribution < -0.4 is 4.74 Å². The standard InChI is InChI=1S/C15H14ClFO3/c16-10-4-6-11(7-5-10)19-13-12(17)14(18)20-15(13)8-2-1-3-9-15/h4-7H,1-3,8-9H2. The van der Waals surface area contributed by atoms with Crippen molar-refractivity contribution in [3.8, 4) is 5.75 Å². The van der Waals surface area contributed by atoms with Crippen molar-refractivity contribution >= 4 is 17.6 Å². The van der Waals surface area contributed by atoms with Crippen LogP contribution in [0.2, 0.25) is 5.02 Å². The van der Waals surface area contributed by atoms with Gasteiger partial charge in [-0.05, 0) is 49.9 Å². The Morgan fingerprint density at radius 1 is 1.15 bits per heavy atom. The molecule has 0 radical (unpaired) electrons. The molecule has 0 amide bonds. The van der Waals surface area contributed by atoms with Crippen LogP contribution in [0.3, 0.4) is 0 Å². The third-order valence-electron chi connectivity index (χ3n) is 3.78. The van der Waals surface area contributed by atoms with Gasteiger partial charge in [0.25, 0.3) is 0 Å². The average molecular weight is 297 g/mol. The smallest absolute Gasteiger partial charge is 0.371 e. The lowest BCUT2D eigenvalue weighted by atomic mass is 9.83. The lowest BCUT2D eigenvalue weighted by Gasteiger charge is -2.33. The number of halogens is 2. The highest BCUT2D eigenvalue weighted by molar-refractivity contribution is 6.30. The highest BCUT2D eigenvalue weighted by Gasteiger charge is 2.51. The Morgan fingerprint density at radius 3 is 2.45 bits per heavy atom. The number of hydrogen-bond acceptors (Lipinski definition) is 3. The van der Waals surface area contributed by atoms with E-state index in [0.29, 0.717) is 23.6 Å². The predicted octanol–water partition coefficient (Wildman–Crippen LogP) is 4.16. The largest absolute Gasteiger partial charge is 0.454 e. The zero-order valence-corrected chi connectivity index (χ0v) is 11.6. The van der Waals surface area contributed by atoms with Crippen molar-refractivity contribution < 1.29 is 18.7 Å². The van der Waals surface area contributed by atoms with Crippen molar-refractivity contribution in [3.63, 3.8) is 0 Å². The van der Waals surface area contributed by atoms with Gasteiger partial charge in [-0.2, -0.15) is 4.39 Å². The molecule has 0 saturated heterocycles. The van der Waals surface area contributed by atoms with Gasteiger partial charge < -0.3 is 9.47 Å². The van der Waals surface area contributed by atoms with Gasteiger partial charge in [0, 0.05) is 5.02 Å². The van der Waals surface area contributed by atoms with Gasteiger partial charge in [-0.3, -0.25) is 0 Å². The average Bonchev–Trinajstić information content (AvgIpc) is 2.67. The fourth-order valence-electron chi connectivity index (χ4n) is 2.77. The maximum Gasteiger partial charge on any atom is 0.371 e. The van der Waals surface area contributed by atoms with E-state index in [2.05, 4.69) is 0 Å². The lowest BCUT2D eigenvalue weighted by molar-refractivity contribution is -0.151. The van der Waals surface area contributed by atoms with E-state index in [1.54, 1.807) is 24.3 Å². The molecule has 5 heteroatoms. The molecule has 20 heavy (non-hydrogen) atoms. The molecule has 106 valence electrons. The molecular formula is C15H14ClFO3. The molecule has 0 aromatic heterocycles. The first-order valence-electron chi connectivity index (χ1n) is 6.68. The topological polar surface area (TPSA) is 35.5 Å². The van der Waals surface area contributed by atoms with E-state index in [1.807, 2.05) is 0 Å². The fraction of sp³-hybridized carbons (Fsp3) is 0.400. The first-order chi connectivity index (χ1) is 9.61. The molecule has 3 nitrogen and oxygen atoms in total. The Kier molecular flexibility index (Phi) is 3.42. The van der Waals surface area contributed by atoms with E-state index in [1.165, 1.54) is 0 Å². The van der Waals surface area contributed by atoms with Gasteiger partial charge in [0.15, 0.2) is 11.4 Å². The summed E-state index contributed by atoms with van der Waals surface area (Å²) in [6.07, 6.45) is 4.07. The van der Waals surface area contributed by atoms with E-state index < -0.39 is 17.4 Å². The molecule has 1 heterocycles. The van der Waals surface area contributed by atoms with Crippen LogP contribution in [0.15, 0.2) is 35.9 Å². The number of ether oxygens (including phenoxy) is 2. The van der Waals surface area contributed by atoms with Crippen molar-refractivity contribution in [2.24, 2.45) is 0 Å². The number of carbonyl (C=O) groups excluding carboxylic acids is 1. The summed E-state index contributed by atoms with van der Waals surface area (Å²) in [7, 11) is 0. The van der Waals surface area contributed by atoms with Gasteiger partial charge in [0.1, 0.15) is 5.75 Å². The van der Waals surface area contributed by atoms with Crippen molar-refractivity contribution in [2.75, 3.05) is 0 Å². The summed E-state index contributed by atoms with van der Waals surface area (Å²) < 4.78 is 24.9. The van der Waals surface area contributed by atoms with Crippen LogP contribution in [0, 0.1) is 0 Å². The van der Waals surface area contributed by atoms with E-state index in [4.69, 9.17) is 21.1 Å². The minimum absolute atomic E-state index is 0.0181. The van der Waals surface area contributed by atoms with E-state index in [9.17, 15) is 9.18 Å². The molecule has 1 aromatic carbocycles. The van der Waals surface area contributed by atoms with Gasteiger partial charge in [-0.15, -0.1) is 0 Å². The summed E-state index contributed by atoms with van der Waals surface area (Å²) in [5.74, 6) is -1.37. The number of rotatable bonds is 2. The van der Waals surface area contributed by atoms with Gasteiger partial charge in [-0.1, -0.05) is 18.0 Å². The maximum atomic E-state index is 14.0. The first kappa shape index (κ1) is 13.4. The molecule has 1 saturated carbocycles. The number of benzene rings is 1. The second-order valence-corrected chi connectivity index (χ2v) is 5.58. The molecule has 0 bridgehead atoms. The van der Waals surface area contributed by atoms with Crippen molar-refractivity contribution in [2.45, 2.75) is 37.7 Å². The predicted molar refractivity (Wildman–Crippen MR) is 72.1 cm³/mol. The molecule has 2 aliphatic rings. The van der Waals surface area contributed by atoms with Gasteiger partial charge in [-0.25, -0.2) is 4.79 Å². The molecule has 1 aromatic rings. The molecule has 1 aliphatic heterocycles. The second-order valence-electron chi connectivity index (χ2n) is 5.14. The normalized spacial score (nSPS) is 21.2. The lowest BCUT2D eigenvalue weighted by Crippen LogP contribution is -2.36. The van der Waals surface area contributed by atoms with Crippen molar-refractivity contribution in [1.29, 1.82) is 0 Å². The molecule has 0 atom stereocenters. The Bertz CT molecular complexity index is 559. The molecule has 1 fully saturated rings. The molecule has 3 rings (SSSR count). The minimum Gasteiger partial charge on any atom is -0.454 e. The summed E-state index contributed by atoms with van der Waals surface area (Å²) in [4.78, 5) is 11.5. The highest BCUT2D eigenvalue weighted by Crippen LogP contribution is 2.44. The first-order valence-corrected chi connectivity index (χ1v) is 7.06. The summed E-state index contributed by atoms with van der Waals surface area (Å²) in [6, 6.07) is 6.59. The monoisotopic (exact) mass is 296 g/mol. The molecular weight excluding hydrogens is 283 g/mol. The summed E-state index contributed by atoms with van der Waals surface area (Å²) in [6.45, 7) is 0. The van der Waals surface area contributed by atoms with Gasteiger partial charge >= 0.3 is 5.97 Å². The van der Waals surface area contributed by atoms with E-state index >= 15 is 0 Å². The Hall–Kier alpha value is -1.55. The number of esters is 1. The zero-order chi connectivity index (χ0) is 14.2. The second kappa shape index (κ2) is 5.09. The van der Waals surface area contributed by atoms with Crippen LogP contribution in [-0.4, -0.2) is 11.6 Å². The highest BCUT2D eigenvalue weighted by atomic mass is 35.5. The Labute approximate surface area is 121 Å². The van der Waals surface area contributed by atoms with Crippen molar-refractivity contribution in [1.82, 2.24) is 0 Å². The van der Waals surface area contributed by atoms with Crippen LogP contribution in [-0.2, 0) is 9.53 Å². The SMILES string of the molecule is O=C1OC2(CCCCC2)C(Oc2ccc(Cl)cc2)=C1F. The molecule has 1 spiro atoms. The molecule has 0 N–H and O–H groups in total. The van der Waals surface area contributed by atoms with E-state index in [0.717, 1.165) is 19.3 Å². The summed E-state index contributed by atoms with van der Waals surface area (Å²) in [5.41, 5.74) is -0.918. The van der Waals surface area contributed by atoms with Crippen LogP contribution in [0.25, 0.3) is 0 Å². The third-order valence-corrected chi connectivity index (χ3v) is 4.03. The Balaban J connectivity index is 1.91. The van der Waals surface area contributed by atoms with Crippen molar-refractivity contribution in [3.05, 3.63) is 40.9 Å². The fourth-order valence-corrected chi connectivity index (χ4v) is 2.90. The van der Waals surface area contributed by atoms with Gasteiger partial charge in [0.05, 0.1) is 0 Å².